The predicted octanol–water partition coefficient (Wildman–Crippen LogP) is 5.41. The summed E-state index contributed by atoms with van der Waals surface area (Å²) in [7, 11) is -3.73. The number of alkyl carbamates (subject to hydrolysis) is 1. The van der Waals surface area contributed by atoms with E-state index in [-0.39, 0.29) is 35.6 Å². The van der Waals surface area contributed by atoms with Crippen molar-refractivity contribution in [1.82, 2.24) is 20.0 Å². The van der Waals surface area contributed by atoms with Gasteiger partial charge < -0.3 is 15.4 Å². The highest BCUT2D eigenvalue weighted by atomic mass is 32.2. The van der Waals surface area contributed by atoms with Crippen molar-refractivity contribution >= 4 is 38.8 Å². The van der Waals surface area contributed by atoms with E-state index in [0.29, 0.717) is 11.3 Å². The largest absolute Gasteiger partial charge is 0.447 e. The van der Waals surface area contributed by atoms with Crippen LogP contribution in [0.3, 0.4) is 0 Å². The van der Waals surface area contributed by atoms with Crippen LogP contribution in [0.2, 0.25) is 0 Å². The van der Waals surface area contributed by atoms with Crippen molar-refractivity contribution < 1.29 is 17.9 Å². The predicted molar refractivity (Wildman–Crippen MR) is 146 cm³/mol. The standard InChI is InChI=1S/C26H33N5O4S2/c1-4-29-37(33,34)24-14-20(30-21-6-5-13-27-15-21)11-12-22(24)23-16-28-25(36-23)18-7-9-19(10-8-18)31-26(32)35-17(2)3/h5-6,11-19,29-30H,4,7-10H2,1-3H3,(H,31,32)/t18-,19-. The minimum Gasteiger partial charge on any atom is -0.447 e. The molecule has 11 heteroatoms. The topological polar surface area (TPSA) is 122 Å². The molecule has 0 aliphatic heterocycles. The average Bonchev–Trinajstić information content (AvgIpc) is 3.35. The molecule has 9 nitrogen and oxygen atoms in total. The first-order valence-electron chi connectivity index (χ1n) is 12.5. The van der Waals surface area contributed by atoms with E-state index in [9.17, 15) is 13.2 Å². The van der Waals surface area contributed by atoms with Crippen LogP contribution in [0.5, 0.6) is 0 Å². The molecular weight excluding hydrogens is 510 g/mol. The van der Waals surface area contributed by atoms with Gasteiger partial charge in [0.05, 0.1) is 32.8 Å². The molecule has 0 atom stereocenters. The zero-order valence-electron chi connectivity index (χ0n) is 21.2. The van der Waals surface area contributed by atoms with E-state index in [0.717, 1.165) is 41.3 Å². The molecule has 2 aromatic heterocycles. The van der Waals surface area contributed by atoms with Crippen molar-refractivity contribution in [2.75, 3.05) is 11.9 Å². The number of nitrogens with one attached hydrogen (secondary N) is 3. The number of hydrogen-bond acceptors (Lipinski definition) is 8. The van der Waals surface area contributed by atoms with E-state index in [1.807, 2.05) is 38.1 Å². The van der Waals surface area contributed by atoms with Crippen molar-refractivity contribution in [2.45, 2.75) is 69.4 Å². The number of anilines is 2. The number of benzene rings is 1. The molecule has 4 rings (SSSR count). The van der Waals surface area contributed by atoms with Crippen molar-refractivity contribution in [1.29, 1.82) is 0 Å². The van der Waals surface area contributed by atoms with Crippen LogP contribution in [0.15, 0.2) is 53.8 Å². The lowest BCUT2D eigenvalue weighted by molar-refractivity contribution is 0.109. The summed E-state index contributed by atoms with van der Waals surface area (Å²) >= 11 is 1.53. The van der Waals surface area contributed by atoms with E-state index in [1.165, 1.54) is 11.3 Å². The maximum Gasteiger partial charge on any atom is 0.407 e. The Morgan fingerprint density at radius 3 is 2.59 bits per heavy atom. The fourth-order valence-electron chi connectivity index (χ4n) is 4.40. The fraction of sp³-hybridized carbons (Fsp3) is 0.423. The molecule has 1 fully saturated rings. The highest BCUT2D eigenvalue weighted by Crippen LogP contribution is 2.40. The van der Waals surface area contributed by atoms with Crippen molar-refractivity contribution in [3.8, 4) is 10.4 Å². The van der Waals surface area contributed by atoms with Crippen LogP contribution < -0.4 is 15.4 Å². The van der Waals surface area contributed by atoms with Gasteiger partial charge >= 0.3 is 6.09 Å². The number of ether oxygens (including phenoxy) is 1. The summed E-state index contributed by atoms with van der Waals surface area (Å²) in [5.74, 6) is 0.276. The Hall–Kier alpha value is -3.02. The monoisotopic (exact) mass is 543 g/mol. The molecule has 0 bridgehead atoms. The lowest BCUT2D eigenvalue weighted by Crippen LogP contribution is -2.38. The molecule has 37 heavy (non-hydrogen) atoms. The second-order valence-electron chi connectivity index (χ2n) is 9.29. The third-order valence-corrected chi connectivity index (χ3v) is 8.86. The van der Waals surface area contributed by atoms with Gasteiger partial charge in [0.2, 0.25) is 10.0 Å². The van der Waals surface area contributed by atoms with Crippen LogP contribution in [0.4, 0.5) is 16.2 Å². The molecule has 1 aromatic carbocycles. The third-order valence-electron chi connectivity index (χ3n) is 6.09. The molecule has 0 spiro atoms. The number of carbonyl (C=O) groups excluding carboxylic acids is 1. The van der Waals surface area contributed by atoms with Gasteiger partial charge in [-0.3, -0.25) is 4.98 Å². The summed E-state index contributed by atoms with van der Waals surface area (Å²) in [6, 6.07) is 9.10. The van der Waals surface area contributed by atoms with Crippen molar-refractivity contribution in [3.05, 3.63) is 53.9 Å². The van der Waals surface area contributed by atoms with Gasteiger partial charge in [-0.05, 0) is 63.8 Å². The molecule has 1 aliphatic rings. The Labute approximate surface area is 222 Å². The number of thiazole rings is 1. The molecule has 0 unspecified atom stereocenters. The number of hydrogen-bond donors (Lipinski definition) is 3. The van der Waals surface area contributed by atoms with Gasteiger partial charge in [-0.1, -0.05) is 13.0 Å². The van der Waals surface area contributed by atoms with Crippen LogP contribution in [-0.4, -0.2) is 43.2 Å². The van der Waals surface area contributed by atoms with Crippen molar-refractivity contribution in [3.63, 3.8) is 0 Å². The lowest BCUT2D eigenvalue weighted by atomic mass is 9.86. The number of nitrogens with zero attached hydrogens (tertiary/aromatic N) is 2. The molecule has 2 heterocycles. The summed E-state index contributed by atoms with van der Waals surface area (Å²) in [5, 5.41) is 7.15. The molecule has 3 N–H and O–H groups in total. The number of pyridine rings is 1. The van der Waals surface area contributed by atoms with E-state index in [4.69, 9.17) is 4.74 Å². The fourth-order valence-corrected chi connectivity index (χ4v) is 6.87. The number of aromatic nitrogens is 2. The molecule has 3 aromatic rings. The summed E-state index contributed by atoms with van der Waals surface area (Å²) in [6.45, 7) is 5.71. The first-order chi connectivity index (χ1) is 17.7. The Morgan fingerprint density at radius 2 is 1.92 bits per heavy atom. The number of amides is 1. The maximum atomic E-state index is 13.1. The second-order valence-corrected chi connectivity index (χ2v) is 12.1. The maximum absolute atomic E-state index is 13.1. The van der Waals surface area contributed by atoms with E-state index in [1.54, 1.807) is 31.6 Å². The minimum absolute atomic E-state index is 0.0960. The third kappa shape index (κ3) is 7.06. The molecule has 198 valence electrons. The minimum atomic E-state index is -3.73. The Morgan fingerprint density at radius 1 is 1.14 bits per heavy atom. The van der Waals surface area contributed by atoms with E-state index < -0.39 is 10.0 Å². The Kier molecular flexibility index (Phi) is 8.78. The quantitative estimate of drug-likeness (QED) is 0.330. The van der Waals surface area contributed by atoms with Crippen LogP contribution in [-0.2, 0) is 14.8 Å². The lowest BCUT2D eigenvalue weighted by Gasteiger charge is -2.28. The smallest absolute Gasteiger partial charge is 0.407 e. The van der Waals surface area contributed by atoms with Gasteiger partial charge in [0, 0.05) is 42.1 Å². The van der Waals surface area contributed by atoms with Gasteiger partial charge in [0.25, 0.3) is 0 Å². The molecule has 0 saturated heterocycles. The van der Waals surface area contributed by atoms with Gasteiger partial charge in [-0.2, -0.15) is 0 Å². The van der Waals surface area contributed by atoms with Crippen LogP contribution in [0.1, 0.15) is 57.4 Å². The Balaban J connectivity index is 1.52. The summed E-state index contributed by atoms with van der Waals surface area (Å²) < 4.78 is 34.0. The molecule has 1 aliphatic carbocycles. The zero-order chi connectivity index (χ0) is 26.4. The van der Waals surface area contributed by atoms with Crippen LogP contribution in [0, 0.1) is 0 Å². The summed E-state index contributed by atoms with van der Waals surface area (Å²) in [5.41, 5.74) is 2.04. The zero-order valence-corrected chi connectivity index (χ0v) is 22.9. The molecular formula is C26H33N5O4S2. The normalized spacial score (nSPS) is 17.9. The summed E-state index contributed by atoms with van der Waals surface area (Å²) in [6.07, 6.45) is 8.10. The SMILES string of the molecule is CCNS(=O)(=O)c1cc(Nc2cccnc2)ccc1-c1cnc([C@H]2CC[C@H](NC(=O)OC(C)C)CC2)s1. The van der Waals surface area contributed by atoms with Crippen LogP contribution >= 0.6 is 11.3 Å². The second kappa shape index (κ2) is 12.0. The molecule has 1 amide bonds. The average molecular weight is 544 g/mol. The summed E-state index contributed by atoms with van der Waals surface area (Å²) in [4.78, 5) is 21.7. The van der Waals surface area contributed by atoms with Gasteiger partial charge in [0.15, 0.2) is 0 Å². The van der Waals surface area contributed by atoms with Gasteiger partial charge in [0.1, 0.15) is 0 Å². The highest BCUT2D eigenvalue weighted by Gasteiger charge is 2.27. The van der Waals surface area contributed by atoms with E-state index >= 15 is 0 Å². The van der Waals surface area contributed by atoms with Crippen molar-refractivity contribution in [2.24, 2.45) is 0 Å². The molecule has 0 radical (unpaired) electrons. The highest BCUT2D eigenvalue weighted by molar-refractivity contribution is 7.89. The van der Waals surface area contributed by atoms with E-state index in [2.05, 4.69) is 25.3 Å². The van der Waals surface area contributed by atoms with Crippen LogP contribution in [0.25, 0.3) is 10.4 Å². The number of carbonyl (C=O) groups is 1. The van der Waals surface area contributed by atoms with Gasteiger partial charge in [-0.15, -0.1) is 11.3 Å². The Bertz CT molecular complexity index is 1300. The first kappa shape index (κ1) is 27.0. The molecule has 1 saturated carbocycles. The number of sulfonamides is 1. The van der Waals surface area contributed by atoms with Gasteiger partial charge in [-0.25, -0.2) is 22.9 Å². The first-order valence-corrected chi connectivity index (χ1v) is 14.8. The number of rotatable bonds is 9.